The van der Waals surface area contributed by atoms with Gasteiger partial charge >= 0.3 is 6.18 Å². The Morgan fingerprint density at radius 2 is 1.92 bits per heavy atom. The molecule has 38 heavy (non-hydrogen) atoms. The second kappa shape index (κ2) is 10.4. The van der Waals surface area contributed by atoms with E-state index in [-0.39, 0.29) is 18.1 Å². The molecule has 4 aromatic rings. The zero-order valence-corrected chi connectivity index (χ0v) is 22.0. The molecule has 1 fully saturated rings. The number of ether oxygens (including phenoxy) is 1. The minimum Gasteiger partial charge on any atom is -0.490 e. The van der Waals surface area contributed by atoms with Crippen LogP contribution in [0, 0.1) is 0 Å². The van der Waals surface area contributed by atoms with Crippen molar-refractivity contribution in [1.82, 2.24) is 14.5 Å². The number of aromatic nitrogens is 2. The lowest BCUT2D eigenvalue weighted by Gasteiger charge is -2.29. The summed E-state index contributed by atoms with van der Waals surface area (Å²) in [6, 6.07) is 13.1. The minimum atomic E-state index is -4.46. The third-order valence-electron chi connectivity index (χ3n) is 7.07. The second-order valence-electron chi connectivity index (χ2n) is 9.88. The summed E-state index contributed by atoms with van der Waals surface area (Å²) in [5, 5.41) is 0.712. The van der Waals surface area contributed by atoms with Gasteiger partial charge in [-0.25, -0.2) is 4.98 Å². The topological polar surface area (TPSA) is 73.4 Å². The first kappa shape index (κ1) is 26.2. The molecule has 3 heterocycles. The van der Waals surface area contributed by atoms with Crippen molar-refractivity contribution in [3.8, 4) is 10.8 Å². The van der Waals surface area contributed by atoms with Crippen molar-refractivity contribution < 1.29 is 22.7 Å². The zero-order valence-electron chi connectivity index (χ0n) is 21.2. The predicted molar refractivity (Wildman–Crippen MR) is 142 cm³/mol. The van der Waals surface area contributed by atoms with Gasteiger partial charge in [-0.1, -0.05) is 25.1 Å². The van der Waals surface area contributed by atoms with Crippen molar-refractivity contribution in [3.63, 3.8) is 0 Å². The number of thiophene rings is 1. The summed E-state index contributed by atoms with van der Waals surface area (Å²) in [7, 11) is 2.10. The molecule has 1 atom stereocenters. The molecule has 0 aliphatic carbocycles. The van der Waals surface area contributed by atoms with E-state index in [0.717, 1.165) is 48.8 Å². The molecule has 2 aromatic carbocycles. The van der Waals surface area contributed by atoms with Crippen molar-refractivity contribution in [2.45, 2.75) is 44.4 Å². The summed E-state index contributed by atoms with van der Waals surface area (Å²) in [4.78, 5) is 19.4. The normalized spacial score (nSPS) is 16.1. The number of hydrogen-bond acceptors (Lipinski definition) is 5. The number of carbonyl (C=O) groups excluding carboxylic acids is 1. The lowest BCUT2D eigenvalue weighted by Crippen LogP contribution is -2.35. The molecular weight excluding hydrogens is 513 g/mol. The van der Waals surface area contributed by atoms with Crippen LogP contribution in [-0.4, -0.2) is 46.6 Å². The molecule has 1 aliphatic heterocycles. The number of benzene rings is 2. The molecule has 200 valence electrons. The number of piperidine rings is 1. The standard InChI is InChI=1S/C28H29F3N4O2S/c1-17(21-5-3-4-6-22(21)28(29,30)31)13-18-14-25(38-26(18)27(32)36)35-16-33-23-8-7-20(15-24(23)35)37-19-9-11-34(2)12-10-19/h3-8,14-17,19H,9-13H2,1-2H3,(H2,32,36)/t17-/m0/s1. The fraction of sp³-hybridized carbons (Fsp3) is 0.357. The monoisotopic (exact) mass is 542 g/mol. The minimum absolute atomic E-state index is 0.149. The van der Waals surface area contributed by atoms with E-state index in [1.54, 1.807) is 19.3 Å². The number of rotatable bonds is 7. The highest BCUT2D eigenvalue weighted by molar-refractivity contribution is 7.16. The summed E-state index contributed by atoms with van der Waals surface area (Å²) in [6.45, 7) is 3.71. The Kier molecular flexibility index (Phi) is 7.19. The lowest BCUT2D eigenvalue weighted by atomic mass is 9.90. The number of fused-ring (bicyclic) bond motifs is 1. The van der Waals surface area contributed by atoms with E-state index < -0.39 is 23.6 Å². The number of carbonyl (C=O) groups is 1. The third kappa shape index (κ3) is 5.42. The van der Waals surface area contributed by atoms with Gasteiger partial charge in [0.25, 0.3) is 5.91 Å². The van der Waals surface area contributed by atoms with Crippen LogP contribution in [0.25, 0.3) is 16.0 Å². The van der Waals surface area contributed by atoms with Gasteiger partial charge < -0.3 is 15.4 Å². The van der Waals surface area contributed by atoms with Gasteiger partial charge in [0.15, 0.2) is 0 Å². The summed E-state index contributed by atoms with van der Waals surface area (Å²) in [5.74, 6) is -0.344. The van der Waals surface area contributed by atoms with E-state index >= 15 is 0 Å². The largest absolute Gasteiger partial charge is 0.490 e. The molecule has 0 unspecified atom stereocenters. The molecule has 1 amide bonds. The predicted octanol–water partition coefficient (Wildman–Crippen LogP) is 6.02. The van der Waals surface area contributed by atoms with Crippen molar-refractivity contribution in [1.29, 1.82) is 0 Å². The number of hydrogen-bond donors (Lipinski definition) is 1. The SMILES string of the molecule is C[C@@H](Cc1cc(-n2cnc3ccc(OC4CCN(C)CC4)cc32)sc1C(N)=O)c1ccccc1C(F)(F)F. The van der Waals surface area contributed by atoms with Crippen molar-refractivity contribution in [2.24, 2.45) is 5.73 Å². The number of nitrogens with two attached hydrogens (primary N) is 1. The fourth-order valence-electron chi connectivity index (χ4n) is 5.05. The smallest absolute Gasteiger partial charge is 0.416 e. The van der Waals surface area contributed by atoms with Crippen LogP contribution in [0.15, 0.2) is 54.9 Å². The lowest BCUT2D eigenvalue weighted by molar-refractivity contribution is -0.138. The average Bonchev–Trinajstić information content (AvgIpc) is 3.49. The molecule has 2 N–H and O–H groups in total. The second-order valence-corrected chi connectivity index (χ2v) is 10.9. The average molecular weight is 543 g/mol. The van der Waals surface area contributed by atoms with Gasteiger partial charge in [-0.15, -0.1) is 11.3 Å². The molecule has 0 saturated carbocycles. The van der Waals surface area contributed by atoms with Gasteiger partial charge in [-0.05, 0) is 67.6 Å². The van der Waals surface area contributed by atoms with Gasteiger partial charge in [0.05, 0.1) is 21.5 Å². The maximum absolute atomic E-state index is 13.6. The Morgan fingerprint density at radius 1 is 1.18 bits per heavy atom. The van der Waals surface area contributed by atoms with Crippen molar-refractivity contribution >= 4 is 28.3 Å². The van der Waals surface area contributed by atoms with Gasteiger partial charge in [0.1, 0.15) is 23.2 Å². The number of nitrogens with zero attached hydrogens (tertiary/aromatic N) is 3. The Labute approximate surface area is 222 Å². The summed E-state index contributed by atoms with van der Waals surface area (Å²) < 4.78 is 48.9. The number of halogens is 3. The molecule has 1 saturated heterocycles. The van der Waals surface area contributed by atoms with E-state index in [9.17, 15) is 18.0 Å². The van der Waals surface area contributed by atoms with Crippen LogP contribution in [0.1, 0.15) is 52.0 Å². The molecule has 6 nitrogen and oxygen atoms in total. The molecule has 0 bridgehead atoms. The van der Waals surface area contributed by atoms with E-state index in [0.29, 0.717) is 15.4 Å². The van der Waals surface area contributed by atoms with Gasteiger partial charge in [-0.2, -0.15) is 13.2 Å². The van der Waals surface area contributed by atoms with Crippen LogP contribution >= 0.6 is 11.3 Å². The van der Waals surface area contributed by atoms with Crippen LogP contribution in [0.5, 0.6) is 5.75 Å². The molecule has 0 spiro atoms. The van der Waals surface area contributed by atoms with Crippen LogP contribution in [0.2, 0.25) is 0 Å². The highest BCUT2D eigenvalue weighted by atomic mass is 32.1. The summed E-state index contributed by atoms with van der Waals surface area (Å²) >= 11 is 1.21. The van der Waals surface area contributed by atoms with E-state index in [2.05, 4.69) is 16.9 Å². The van der Waals surface area contributed by atoms with E-state index in [1.807, 2.05) is 28.8 Å². The highest BCUT2D eigenvalue weighted by Gasteiger charge is 2.34. The molecule has 2 aromatic heterocycles. The molecule has 5 rings (SSSR count). The Bertz CT molecular complexity index is 1450. The first-order chi connectivity index (χ1) is 18.1. The Balaban J connectivity index is 1.44. The van der Waals surface area contributed by atoms with E-state index in [1.165, 1.54) is 23.5 Å². The van der Waals surface area contributed by atoms with Gasteiger partial charge in [-0.3, -0.25) is 9.36 Å². The van der Waals surface area contributed by atoms with Gasteiger partial charge in [0.2, 0.25) is 0 Å². The quantitative estimate of drug-likeness (QED) is 0.310. The number of imidazole rings is 1. The number of alkyl halides is 3. The van der Waals surface area contributed by atoms with Crippen LogP contribution < -0.4 is 10.5 Å². The van der Waals surface area contributed by atoms with Crippen molar-refractivity contribution in [3.05, 3.63) is 76.4 Å². The van der Waals surface area contributed by atoms with Gasteiger partial charge in [0, 0.05) is 19.2 Å². The Morgan fingerprint density at radius 3 is 2.63 bits per heavy atom. The van der Waals surface area contributed by atoms with Crippen molar-refractivity contribution in [2.75, 3.05) is 20.1 Å². The first-order valence-corrected chi connectivity index (χ1v) is 13.3. The van der Waals surface area contributed by atoms with E-state index in [4.69, 9.17) is 10.5 Å². The highest BCUT2D eigenvalue weighted by Crippen LogP contribution is 2.38. The van der Waals surface area contributed by atoms with Crippen LogP contribution in [0.3, 0.4) is 0 Å². The maximum atomic E-state index is 13.6. The number of likely N-dealkylation sites (tertiary alicyclic amines) is 1. The fourth-order valence-corrected chi connectivity index (χ4v) is 6.08. The molecular formula is C28H29F3N4O2S. The zero-order chi connectivity index (χ0) is 27.0. The number of amides is 1. The first-order valence-electron chi connectivity index (χ1n) is 12.5. The van der Waals surface area contributed by atoms with Crippen LogP contribution in [0.4, 0.5) is 13.2 Å². The molecule has 10 heteroatoms. The summed E-state index contributed by atoms with van der Waals surface area (Å²) in [5.41, 5.74) is 7.41. The van der Waals surface area contributed by atoms with Crippen LogP contribution in [-0.2, 0) is 12.6 Å². The molecule has 0 radical (unpaired) electrons. The number of primary amides is 1. The third-order valence-corrected chi connectivity index (χ3v) is 8.26. The molecule has 1 aliphatic rings. The Hall–Kier alpha value is -3.37. The maximum Gasteiger partial charge on any atom is 0.416 e. The summed E-state index contributed by atoms with van der Waals surface area (Å²) in [6.07, 6.45) is -0.485.